The number of hydrogen-bond acceptors (Lipinski definition) is 6. The van der Waals surface area contributed by atoms with E-state index in [4.69, 9.17) is 13.9 Å². The molecule has 182 valence electrons. The first-order valence-electron chi connectivity index (χ1n) is 11.9. The average molecular weight is 476 g/mol. The van der Waals surface area contributed by atoms with Crippen LogP contribution in [0.25, 0.3) is 0 Å². The number of rotatable bonds is 7. The quantitative estimate of drug-likeness (QED) is 0.541. The number of amides is 2. The minimum absolute atomic E-state index is 0.100. The average Bonchev–Trinajstić information content (AvgIpc) is 3.64. The Balaban J connectivity index is 1.60. The number of hydrogen-bond donors (Lipinski definition) is 1. The molecule has 1 aromatic heterocycles. The molecule has 0 saturated heterocycles. The third-order valence-electron chi connectivity index (χ3n) is 6.52. The van der Waals surface area contributed by atoms with Gasteiger partial charge in [-0.3, -0.25) is 14.5 Å². The molecule has 5 rings (SSSR count). The van der Waals surface area contributed by atoms with Crippen molar-refractivity contribution >= 4 is 23.2 Å². The van der Waals surface area contributed by atoms with Crippen molar-refractivity contribution in [1.29, 1.82) is 0 Å². The molecule has 3 aromatic rings. The zero-order valence-corrected chi connectivity index (χ0v) is 19.9. The van der Waals surface area contributed by atoms with Crippen LogP contribution in [0.2, 0.25) is 0 Å². The number of nitrogens with one attached hydrogen (secondary N) is 1. The molecule has 1 fully saturated rings. The molecule has 1 saturated carbocycles. The Bertz CT molecular complexity index is 1180. The molecule has 2 aromatic carbocycles. The maximum atomic E-state index is 13.8. The molecule has 2 heterocycles. The third-order valence-corrected chi connectivity index (χ3v) is 6.52. The van der Waals surface area contributed by atoms with Gasteiger partial charge in [-0.1, -0.05) is 25.0 Å². The van der Waals surface area contributed by atoms with E-state index in [1.165, 1.54) is 11.2 Å². The Hall–Kier alpha value is -3.94. The molecule has 1 atom stereocenters. The van der Waals surface area contributed by atoms with E-state index in [2.05, 4.69) is 5.32 Å². The number of ether oxygens (including phenoxy) is 2. The second-order valence-corrected chi connectivity index (χ2v) is 9.07. The van der Waals surface area contributed by atoms with Crippen molar-refractivity contribution in [3.05, 3.63) is 72.2 Å². The lowest BCUT2D eigenvalue weighted by Crippen LogP contribution is -2.46. The lowest BCUT2D eigenvalue weighted by Gasteiger charge is -2.32. The van der Waals surface area contributed by atoms with Gasteiger partial charge in [-0.05, 0) is 54.8 Å². The van der Waals surface area contributed by atoms with E-state index < -0.39 is 11.9 Å². The number of benzene rings is 2. The van der Waals surface area contributed by atoms with Crippen molar-refractivity contribution in [2.75, 3.05) is 30.7 Å². The molecular formula is C27H29N3O5. The highest BCUT2D eigenvalue weighted by Gasteiger charge is 2.36. The predicted molar refractivity (Wildman–Crippen MR) is 132 cm³/mol. The van der Waals surface area contributed by atoms with Gasteiger partial charge in [0.2, 0.25) is 12.7 Å². The standard InChI is InChI=1S/C27H29N3O5/c1-29(2)20-11-9-18(10-12-20)25(26(31)28-19-6-3-4-7-19)30(27(32)23-8-5-15-33-23)21-13-14-22-24(16-21)35-17-34-22/h5,8-16,19,25H,3-4,6-7,17H2,1-2H3,(H,28,31)/t25-/m0/s1. The van der Waals surface area contributed by atoms with Crippen LogP contribution in [0.5, 0.6) is 11.5 Å². The largest absolute Gasteiger partial charge is 0.459 e. The van der Waals surface area contributed by atoms with Crippen LogP contribution in [0, 0.1) is 0 Å². The molecule has 2 amide bonds. The number of fused-ring (bicyclic) bond motifs is 1. The molecule has 1 aliphatic carbocycles. The molecule has 1 N–H and O–H groups in total. The van der Waals surface area contributed by atoms with Crippen molar-refractivity contribution in [2.45, 2.75) is 37.8 Å². The van der Waals surface area contributed by atoms with Crippen LogP contribution in [0.4, 0.5) is 11.4 Å². The van der Waals surface area contributed by atoms with E-state index >= 15 is 0 Å². The van der Waals surface area contributed by atoms with Gasteiger partial charge in [0.1, 0.15) is 6.04 Å². The van der Waals surface area contributed by atoms with Gasteiger partial charge in [-0.15, -0.1) is 0 Å². The molecule has 0 spiro atoms. The maximum Gasteiger partial charge on any atom is 0.294 e. The zero-order valence-electron chi connectivity index (χ0n) is 19.9. The van der Waals surface area contributed by atoms with E-state index in [0.717, 1.165) is 31.4 Å². The summed E-state index contributed by atoms with van der Waals surface area (Å²) in [6.45, 7) is 0.114. The number of anilines is 2. The molecule has 8 heteroatoms. The van der Waals surface area contributed by atoms with Crippen LogP contribution in [0.3, 0.4) is 0 Å². The van der Waals surface area contributed by atoms with Gasteiger partial charge in [0, 0.05) is 37.6 Å². The van der Waals surface area contributed by atoms with Crippen LogP contribution in [-0.4, -0.2) is 38.7 Å². The van der Waals surface area contributed by atoms with Crippen molar-refractivity contribution in [3.63, 3.8) is 0 Å². The van der Waals surface area contributed by atoms with Gasteiger partial charge in [0.15, 0.2) is 17.3 Å². The summed E-state index contributed by atoms with van der Waals surface area (Å²) in [6, 6.07) is 15.4. The Morgan fingerprint density at radius 2 is 1.66 bits per heavy atom. The fourth-order valence-electron chi connectivity index (χ4n) is 4.66. The van der Waals surface area contributed by atoms with E-state index in [1.807, 2.05) is 43.3 Å². The van der Waals surface area contributed by atoms with E-state index in [9.17, 15) is 9.59 Å². The second kappa shape index (κ2) is 9.74. The Morgan fingerprint density at radius 3 is 2.34 bits per heavy atom. The van der Waals surface area contributed by atoms with Crippen molar-refractivity contribution < 1.29 is 23.5 Å². The lowest BCUT2D eigenvalue weighted by atomic mass is 10.0. The number of carbonyl (C=O) groups is 2. The molecule has 8 nitrogen and oxygen atoms in total. The SMILES string of the molecule is CN(C)c1ccc([C@@H](C(=O)NC2CCCC2)N(C(=O)c2ccco2)c2ccc3c(c2)OCO3)cc1. The molecule has 35 heavy (non-hydrogen) atoms. The van der Waals surface area contributed by atoms with Gasteiger partial charge < -0.3 is 24.1 Å². The molecule has 0 unspecified atom stereocenters. The summed E-state index contributed by atoms with van der Waals surface area (Å²) in [5, 5.41) is 3.19. The summed E-state index contributed by atoms with van der Waals surface area (Å²) in [6.07, 6.45) is 5.50. The fourth-order valence-corrected chi connectivity index (χ4v) is 4.66. The van der Waals surface area contributed by atoms with Crippen LogP contribution < -0.4 is 24.6 Å². The number of furan rings is 1. The second-order valence-electron chi connectivity index (χ2n) is 9.07. The molecule has 1 aliphatic heterocycles. The first-order valence-corrected chi connectivity index (χ1v) is 11.9. The van der Waals surface area contributed by atoms with Crippen molar-refractivity contribution in [3.8, 4) is 11.5 Å². The van der Waals surface area contributed by atoms with E-state index in [1.54, 1.807) is 30.3 Å². The molecule has 0 bridgehead atoms. The summed E-state index contributed by atoms with van der Waals surface area (Å²) in [4.78, 5) is 31.1. The first kappa shape index (κ1) is 22.8. The summed E-state index contributed by atoms with van der Waals surface area (Å²) >= 11 is 0. The van der Waals surface area contributed by atoms with Crippen LogP contribution in [0.1, 0.15) is 47.8 Å². The normalized spacial score (nSPS) is 15.6. The number of carbonyl (C=O) groups excluding carboxylic acids is 2. The Morgan fingerprint density at radius 1 is 0.943 bits per heavy atom. The fraction of sp³-hybridized carbons (Fsp3) is 0.333. The Kier molecular flexibility index (Phi) is 6.35. The van der Waals surface area contributed by atoms with Gasteiger partial charge in [-0.2, -0.15) is 0 Å². The van der Waals surface area contributed by atoms with Gasteiger partial charge in [0.05, 0.1) is 6.26 Å². The highest BCUT2D eigenvalue weighted by atomic mass is 16.7. The minimum atomic E-state index is -0.912. The first-order chi connectivity index (χ1) is 17.0. The summed E-state index contributed by atoms with van der Waals surface area (Å²) in [7, 11) is 3.91. The summed E-state index contributed by atoms with van der Waals surface area (Å²) in [5.41, 5.74) is 2.21. The molecular weight excluding hydrogens is 446 g/mol. The molecule has 2 aliphatic rings. The highest BCUT2D eigenvalue weighted by Crippen LogP contribution is 2.39. The lowest BCUT2D eigenvalue weighted by molar-refractivity contribution is -0.123. The predicted octanol–water partition coefficient (Wildman–Crippen LogP) is 4.52. The van der Waals surface area contributed by atoms with Crippen molar-refractivity contribution in [1.82, 2.24) is 5.32 Å². The minimum Gasteiger partial charge on any atom is -0.459 e. The van der Waals surface area contributed by atoms with Gasteiger partial charge in [-0.25, -0.2) is 0 Å². The van der Waals surface area contributed by atoms with E-state index in [0.29, 0.717) is 22.7 Å². The van der Waals surface area contributed by atoms with Crippen molar-refractivity contribution in [2.24, 2.45) is 0 Å². The molecule has 0 radical (unpaired) electrons. The van der Waals surface area contributed by atoms with Gasteiger partial charge in [0.25, 0.3) is 5.91 Å². The summed E-state index contributed by atoms with van der Waals surface area (Å²) in [5.74, 6) is 0.620. The van der Waals surface area contributed by atoms with Crippen LogP contribution in [-0.2, 0) is 4.79 Å². The third kappa shape index (κ3) is 4.69. The Labute approximate surface area is 204 Å². The zero-order chi connectivity index (χ0) is 24.4. The highest BCUT2D eigenvalue weighted by molar-refractivity contribution is 6.09. The maximum absolute atomic E-state index is 13.8. The number of nitrogens with zero attached hydrogens (tertiary/aromatic N) is 2. The monoisotopic (exact) mass is 475 g/mol. The topological polar surface area (TPSA) is 84.3 Å². The summed E-state index contributed by atoms with van der Waals surface area (Å²) < 4.78 is 16.5. The van der Waals surface area contributed by atoms with Crippen LogP contribution in [0.15, 0.2) is 65.3 Å². The smallest absolute Gasteiger partial charge is 0.294 e. The van der Waals surface area contributed by atoms with E-state index in [-0.39, 0.29) is 24.5 Å². The van der Waals surface area contributed by atoms with Gasteiger partial charge >= 0.3 is 0 Å². The van der Waals surface area contributed by atoms with Crippen LogP contribution >= 0.6 is 0 Å².